The van der Waals surface area contributed by atoms with Gasteiger partial charge in [-0.15, -0.1) is 0 Å². The largest absolute Gasteiger partial charge is 0.497 e. The van der Waals surface area contributed by atoms with E-state index in [1.54, 1.807) is 52.3 Å². The molecule has 13 nitrogen and oxygen atoms in total. The topological polar surface area (TPSA) is 169 Å². The van der Waals surface area contributed by atoms with E-state index in [1.165, 1.54) is 4.90 Å². The van der Waals surface area contributed by atoms with Gasteiger partial charge in [-0.25, -0.2) is 14.6 Å². The molecule has 0 unspecified atom stereocenters. The van der Waals surface area contributed by atoms with Crippen LogP contribution in [0.15, 0.2) is 60.8 Å². The number of carbonyl (C=O) groups is 4. The van der Waals surface area contributed by atoms with E-state index in [2.05, 4.69) is 15.6 Å². The first-order valence-electron chi connectivity index (χ1n) is 17.5. The molecule has 1 aliphatic carbocycles. The minimum Gasteiger partial charge on any atom is -0.497 e. The Balaban J connectivity index is 1.34. The van der Waals surface area contributed by atoms with E-state index in [1.807, 2.05) is 36.4 Å². The summed E-state index contributed by atoms with van der Waals surface area (Å²) in [5.41, 5.74) is -0.444. The van der Waals surface area contributed by atoms with E-state index in [4.69, 9.17) is 19.2 Å². The summed E-state index contributed by atoms with van der Waals surface area (Å²) < 4.78 is 17.6. The van der Waals surface area contributed by atoms with Crippen LogP contribution in [0.25, 0.3) is 22.3 Å². The Morgan fingerprint density at radius 2 is 1.90 bits per heavy atom. The molecule has 1 aromatic carbocycles. The molecule has 0 spiro atoms. The van der Waals surface area contributed by atoms with Crippen molar-refractivity contribution >= 4 is 34.8 Å². The standard InChI is InChI=1S/C38H45N5O8/c1-37(2,3)51-36(48)41-28-14-9-7-5-6-8-12-23-21-38(23,35(46)47)42-33(44)31-19-25(22-43(31)34(28)45)50-32-20-30(27-13-10-11-17-39-27)40-29-18-24(49-4)15-16-26(29)32/h8,10-13,15-18,20,23,25,28,31H,5-7,9,14,19,21-22H2,1-4H3,(H,41,48)(H,42,44)(H,46,47)/b12-8-/t23-,25+,28+,31-,38-/m0/s1. The second-order valence-electron chi connectivity index (χ2n) is 14.4. The molecular formula is C38H45N5O8. The maximum Gasteiger partial charge on any atom is 0.408 e. The van der Waals surface area contributed by atoms with Gasteiger partial charge < -0.3 is 34.9 Å². The molecule has 2 fully saturated rings. The molecule has 270 valence electrons. The van der Waals surface area contributed by atoms with Gasteiger partial charge in [-0.1, -0.05) is 31.1 Å². The van der Waals surface area contributed by atoms with Gasteiger partial charge in [-0.05, 0) is 70.7 Å². The van der Waals surface area contributed by atoms with E-state index in [0.717, 1.165) is 19.3 Å². The Bertz CT molecular complexity index is 1830. The predicted octanol–water partition coefficient (Wildman–Crippen LogP) is 5.03. The molecule has 3 N–H and O–H groups in total. The highest BCUT2D eigenvalue weighted by Gasteiger charge is 2.61. The average molecular weight is 700 g/mol. The monoisotopic (exact) mass is 699 g/mol. The van der Waals surface area contributed by atoms with E-state index in [-0.39, 0.29) is 25.3 Å². The number of rotatable bonds is 6. The van der Waals surface area contributed by atoms with Crippen LogP contribution in [-0.2, 0) is 19.1 Å². The number of allylic oxidation sites excluding steroid dienone is 1. The minimum absolute atomic E-state index is 0.0196. The number of pyridine rings is 2. The van der Waals surface area contributed by atoms with Gasteiger partial charge in [0.05, 0.1) is 30.6 Å². The Labute approximate surface area is 296 Å². The van der Waals surface area contributed by atoms with Crippen LogP contribution in [-0.4, -0.2) is 86.8 Å². The number of methoxy groups -OCH3 is 1. The predicted molar refractivity (Wildman–Crippen MR) is 188 cm³/mol. The quantitative estimate of drug-likeness (QED) is 0.297. The number of benzene rings is 1. The van der Waals surface area contributed by atoms with Gasteiger partial charge in [0.15, 0.2) is 0 Å². The van der Waals surface area contributed by atoms with Crippen LogP contribution < -0.4 is 20.1 Å². The van der Waals surface area contributed by atoms with Gasteiger partial charge in [0.2, 0.25) is 11.8 Å². The molecule has 13 heteroatoms. The third-order valence-corrected chi connectivity index (χ3v) is 9.51. The van der Waals surface area contributed by atoms with Gasteiger partial charge in [-0.2, -0.15) is 0 Å². The summed E-state index contributed by atoms with van der Waals surface area (Å²) in [7, 11) is 1.57. The van der Waals surface area contributed by atoms with Gasteiger partial charge in [-0.3, -0.25) is 14.6 Å². The lowest BCUT2D eigenvalue weighted by atomic mass is 10.0. The first-order chi connectivity index (χ1) is 24.4. The lowest BCUT2D eigenvalue weighted by Gasteiger charge is -2.30. The van der Waals surface area contributed by atoms with Crippen molar-refractivity contribution in [2.75, 3.05) is 13.7 Å². The number of amides is 3. The number of aliphatic carboxylic acids is 1. The zero-order valence-corrected chi connectivity index (χ0v) is 29.4. The molecule has 3 amide bonds. The Hall–Kier alpha value is -5.20. The second-order valence-corrected chi connectivity index (χ2v) is 14.4. The summed E-state index contributed by atoms with van der Waals surface area (Å²) in [4.78, 5) is 64.6. The molecule has 1 saturated heterocycles. The van der Waals surface area contributed by atoms with Crippen molar-refractivity contribution in [3.05, 3.63) is 60.8 Å². The van der Waals surface area contributed by atoms with Crippen molar-refractivity contribution in [1.82, 2.24) is 25.5 Å². The Morgan fingerprint density at radius 3 is 2.63 bits per heavy atom. The molecule has 0 radical (unpaired) electrons. The first kappa shape index (κ1) is 35.6. The number of aromatic nitrogens is 2. The molecular weight excluding hydrogens is 654 g/mol. The normalized spacial score (nSPS) is 26.1. The van der Waals surface area contributed by atoms with Crippen LogP contribution in [0, 0.1) is 5.92 Å². The Kier molecular flexibility index (Phi) is 10.2. The number of nitrogens with zero attached hydrogens (tertiary/aromatic N) is 3. The number of carboxylic acid groups (broad SMARTS) is 1. The van der Waals surface area contributed by atoms with Crippen LogP contribution in [0.4, 0.5) is 4.79 Å². The zero-order chi connectivity index (χ0) is 36.3. The number of carboxylic acids is 1. The summed E-state index contributed by atoms with van der Waals surface area (Å²) in [5.74, 6) is -1.44. The van der Waals surface area contributed by atoms with E-state index in [0.29, 0.717) is 46.6 Å². The maximum absolute atomic E-state index is 14.4. The lowest BCUT2D eigenvalue weighted by Crippen LogP contribution is -2.56. The number of hydrogen-bond acceptors (Lipinski definition) is 9. The molecule has 1 saturated carbocycles. The maximum atomic E-state index is 14.4. The highest BCUT2D eigenvalue weighted by molar-refractivity contribution is 5.96. The fourth-order valence-electron chi connectivity index (χ4n) is 6.82. The van der Waals surface area contributed by atoms with Crippen molar-refractivity contribution in [1.29, 1.82) is 0 Å². The van der Waals surface area contributed by atoms with Crippen molar-refractivity contribution in [2.45, 2.75) is 95.0 Å². The zero-order valence-electron chi connectivity index (χ0n) is 29.4. The summed E-state index contributed by atoms with van der Waals surface area (Å²) in [5, 5.41) is 16.4. The first-order valence-corrected chi connectivity index (χ1v) is 17.5. The lowest BCUT2D eigenvalue weighted by molar-refractivity contribution is -0.145. The number of alkyl carbamates (subject to hydrolysis) is 1. The number of nitrogens with one attached hydrogen (secondary N) is 2. The molecule has 51 heavy (non-hydrogen) atoms. The van der Waals surface area contributed by atoms with Gasteiger partial charge in [0, 0.05) is 36.1 Å². The van der Waals surface area contributed by atoms with E-state index >= 15 is 0 Å². The molecule has 2 aromatic heterocycles. The number of fused-ring (bicyclic) bond motifs is 3. The fourth-order valence-corrected chi connectivity index (χ4v) is 6.82. The smallest absolute Gasteiger partial charge is 0.408 e. The number of hydrogen-bond donors (Lipinski definition) is 3. The highest BCUT2D eigenvalue weighted by atomic mass is 16.6. The third kappa shape index (κ3) is 8.08. The van der Waals surface area contributed by atoms with Crippen LogP contribution in [0.2, 0.25) is 0 Å². The van der Waals surface area contributed by atoms with Gasteiger partial charge >= 0.3 is 12.1 Å². The summed E-state index contributed by atoms with van der Waals surface area (Å²) >= 11 is 0. The molecule has 4 heterocycles. The van der Waals surface area contributed by atoms with E-state index in [9.17, 15) is 24.3 Å². The van der Waals surface area contributed by atoms with Gasteiger partial charge in [0.1, 0.15) is 40.8 Å². The summed E-state index contributed by atoms with van der Waals surface area (Å²) in [6.45, 7) is 5.24. The minimum atomic E-state index is -1.45. The number of ether oxygens (including phenoxy) is 3. The van der Waals surface area contributed by atoms with Crippen LogP contribution >= 0.6 is 0 Å². The fraction of sp³-hybridized carbons (Fsp3) is 0.474. The average Bonchev–Trinajstić information content (AvgIpc) is 3.63. The van der Waals surface area contributed by atoms with Crippen LogP contribution in [0.5, 0.6) is 11.5 Å². The number of carbonyl (C=O) groups excluding carboxylic acids is 3. The molecule has 2 aliphatic heterocycles. The molecule has 0 bridgehead atoms. The van der Waals surface area contributed by atoms with Crippen LogP contribution in [0.3, 0.4) is 0 Å². The van der Waals surface area contributed by atoms with E-state index < -0.39 is 53.2 Å². The second kappa shape index (κ2) is 14.6. The molecule has 5 atom stereocenters. The van der Waals surface area contributed by atoms with Crippen molar-refractivity contribution < 1.29 is 38.5 Å². The Morgan fingerprint density at radius 1 is 1.08 bits per heavy atom. The SMILES string of the molecule is COc1ccc2c(O[C@@H]3C[C@H]4C(=O)N[C@@]5(C(=O)O)C[C@@H]5/C=C\CCCCC[C@@H](NC(=O)OC(C)(C)C)C(=O)N4C3)cc(-c3ccccn3)nc2c1. The molecule has 6 rings (SSSR count). The summed E-state index contributed by atoms with van der Waals surface area (Å²) in [6.07, 6.45) is 7.81. The van der Waals surface area contributed by atoms with Crippen molar-refractivity contribution in [3.8, 4) is 22.9 Å². The molecule has 3 aliphatic rings. The highest BCUT2D eigenvalue weighted by Crippen LogP contribution is 2.45. The van der Waals surface area contributed by atoms with Crippen molar-refractivity contribution in [3.63, 3.8) is 0 Å². The summed E-state index contributed by atoms with van der Waals surface area (Å²) in [6, 6.07) is 10.7. The molecule has 3 aromatic rings. The van der Waals surface area contributed by atoms with Gasteiger partial charge in [0.25, 0.3) is 0 Å². The van der Waals surface area contributed by atoms with Crippen molar-refractivity contribution in [2.24, 2.45) is 5.92 Å². The third-order valence-electron chi connectivity index (χ3n) is 9.51. The van der Waals surface area contributed by atoms with Crippen LogP contribution in [0.1, 0.15) is 65.7 Å².